The molecule has 0 aromatic heterocycles. The molecule has 0 fully saturated rings. The second-order valence-electron chi connectivity index (χ2n) is 3.98. The van der Waals surface area contributed by atoms with Crippen molar-refractivity contribution in [2.45, 2.75) is 25.9 Å². The smallest absolute Gasteiger partial charge is 0.260 e. The first kappa shape index (κ1) is 18.2. The highest BCUT2D eigenvalue weighted by molar-refractivity contribution is 9.10. The molecule has 108 valence electrons. The molecular formula is C13H20BrClN2O2. The van der Waals surface area contributed by atoms with Gasteiger partial charge in [-0.2, -0.15) is 0 Å². The SMILES string of the molecule is CC(Oc1ccccc1Br)C(=O)NCCCCN.Cl. The van der Waals surface area contributed by atoms with Gasteiger partial charge in [-0.15, -0.1) is 12.4 Å². The summed E-state index contributed by atoms with van der Waals surface area (Å²) in [5, 5.41) is 2.82. The summed E-state index contributed by atoms with van der Waals surface area (Å²) in [4.78, 5) is 11.7. The molecule has 0 aliphatic heterocycles. The van der Waals surface area contributed by atoms with Crippen molar-refractivity contribution in [1.82, 2.24) is 5.32 Å². The van der Waals surface area contributed by atoms with E-state index in [1.165, 1.54) is 0 Å². The number of hydrogen-bond donors (Lipinski definition) is 2. The van der Waals surface area contributed by atoms with E-state index in [2.05, 4.69) is 21.2 Å². The van der Waals surface area contributed by atoms with Crippen LogP contribution in [0.3, 0.4) is 0 Å². The van der Waals surface area contributed by atoms with E-state index in [1.54, 1.807) is 6.92 Å². The predicted octanol–water partition coefficient (Wildman–Crippen LogP) is 2.49. The summed E-state index contributed by atoms with van der Waals surface area (Å²) in [6.45, 7) is 3.02. The van der Waals surface area contributed by atoms with Crippen molar-refractivity contribution in [3.8, 4) is 5.75 Å². The number of halogens is 2. The zero-order valence-electron chi connectivity index (χ0n) is 10.9. The number of unbranched alkanes of at least 4 members (excludes halogenated alkanes) is 1. The van der Waals surface area contributed by atoms with Crippen LogP contribution in [0.25, 0.3) is 0 Å². The van der Waals surface area contributed by atoms with Crippen molar-refractivity contribution in [2.75, 3.05) is 13.1 Å². The Bertz CT molecular complexity index is 391. The summed E-state index contributed by atoms with van der Waals surface area (Å²) >= 11 is 3.38. The Labute approximate surface area is 128 Å². The Morgan fingerprint density at radius 3 is 2.74 bits per heavy atom. The highest BCUT2D eigenvalue weighted by atomic mass is 79.9. The van der Waals surface area contributed by atoms with E-state index in [9.17, 15) is 4.79 Å². The molecule has 0 bridgehead atoms. The molecule has 1 atom stereocenters. The van der Waals surface area contributed by atoms with Crippen LogP contribution in [-0.2, 0) is 4.79 Å². The first-order valence-corrected chi connectivity index (χ1v) is 6.83. The summed E-state index contributed by atoms with van der Waals surface area (Å²) in [6, 6.07) is 7.46. The zero-order chi connectivity index (χ0) is 13.4. The molecule has 0 aliphatic carbocycles. The summed E-state index contributed by atoms with van der Waals surface area (Å²) in [7, 11) is 0. The van der Waals surface area contributed by atoms with E-state index in [4.69, 9.17) is 10.5 Å². The van der Waals surface area contributed by atoms with Crippen molar-refractivity contribution >= 4 is 34.2 Å². The van der Waals surface area contributed by atoms with Gasteiger partial charge in [-0.1, -0.05) is 12.1 Å². The third-order valence-corrected chi connectivity index (χ3v) is 3.09. The van der Waals surface area contributed by atoms with Gasteiger partial charge in [-0.3, -0.25) is 4.79 Å². The number of hydrogen-bond acceptors (Lipinski definition) is 3. The fraction of sp³-hybridized carbons (Fsp3) is 0.462. The van der Waals surface area contributed by atoms with Crippen LogP contribution >= 0.6 is 28.3 Å². The number of nitrogens with one attached hydrogen (secondary N) is 1. The second-order valence-corrected chi connectivity index (χ2v) is 4.83. The standard InChI is InChI=1S/C13H19BrN2O2.ClH/c1-10(13(17)16-9-5-4-8-15)18-12-7-3-2-6-11(12)14;/h2-3,6-7,10H,4-5,8-9,15H2,1H3,(H,16,17);1H. The quantitative estimate of drug-likeness (QED) is 0.742. The average Bonchev–Trinajstić information content (AvgIpc) is 2.37. The molecule has 0 saturated heterocycles. The van der Waals surface area contributed by atoms with Crippen LogP contribution in [0.15, 0.2) is 28.7 Å². The van der Waals surface area contributed by atoms with Gasteiger partial charge in [-0.05, 0) is 54.4 Å². The van der Waals surface area contributed by atoms with Gasteiger partial charge < -0.3 is 15.8 Å². The highest BCUT2D eigenvalue weighted by Gasteiger charge is 2.14. The molecule has 1 aromatic rings. The van der Waals surface area contributed by atoms with Gasteiger partial charge >= 0.3 is 0 Å². The van der Waals surface area contributed by atoms with Gasteiger partial charge in [0.2, 0.25) is 0 Å². The van der Waals surface area contributed by atoms with Crippen LogP contribution in [0.1, 0.15) is 19.8 Å². The molecule has 6 heteroatoms. The Kier molecular flexibility index (Phi) is 9.65. The van der Waals surface area contributed by atoms with Crippen molar-refractivity contribution < 1.29 is 9.53 Å². The van der Waals surface area contributed by atoms with E-state index in [0.717, 1.165) is 17.3 Å². The van der Waals surface area contributed by atoms with E-state index in [-0.39, 0.29) is 18.3 Å². The maximum atomic E-state index is 11.7. The molecule has 0 aliphatic rings. The monoisotopic (exact) mass is 350 g/mol. The van der Waals surface area contributed by atoms with Crippen LogP contribution in [0.2, 0.25) is 0 Å². The molecule has 1 rings (SSSR count). The largest absolute Gasteiger partial charge is 0.480 e. The fourth-order valence-electron chi connectivity index (χ4n) is 1.41. The lowest BCUT2D eigenvalue weighted by atomic mass is 10.3. The molecule has 1 amide bonds. The molecule has 0 spiro atoms. The van der Waals surface area contributed by atoms with Crippen LogP contribution in [0.4, 0.5) is 0 Å². The zero-order valence-corrected chi connectivity index (χ0v) is 13.3. The maximum Gasteiger partial charge on any atom is 0.260 e. The minimum Gasteiger partial charge on any atom is -0.480 e. The second kappa shape index (κ2) is 10.1. The van der Waals surface area contributed by atoms with E-state index in [0.29, 0.717) is 18.8 Å². The predicted molar refractivity (Wildman–Crippen MR) is 82.8 cm³/mol. The number of para-hydroxylation sites is 1. The Morgan fingerprint density at radius 1 is 1.42 bits per heavy atom. The third-order valence-electron chi connectivity index (χ3n) is 2.44. The van der Waals surface area contributed by atoms with Gasteiger partial charge in [0.1, 0.15) is 5.75 Å². The molecule has 1 aromatic carbocycles. The highest BCUT2D eigenvalue weighted by Crippen LogP contribution is 2.24. The van der Waals surface area contributed by atoms with Crippen LogP contribution in [0.5, 0.6) is 5.75 Å². The number of carbonyl (C=O) groups is 1. The molecular weight excluding hydrogens is 332 g/mol. The minimum absolute atomic E-state index is 0. The molecule has 19 heavy (non-hydrogen) atoms. The van der Waals surface area contributed by atoms with Crippen molar-refractivity contribution in [1.29, 1.82) is 0 Å². The van der Waals surface area contributed by atoms with E-state index < -0.39 is 6.10 Å². The topological polar surface area (TPSA) is 64.3 Å². The lowest BCUT2D eigenvalue weighted by Gasteiger charge is -2.15. The summed E-state index contributed by atoms with van der Waals surface area (Å²) in [6.07, 6.45) is 1.30. The molecule has 0 heterocycles. The number of amides is 1. The van der Waals surface area contributed by atoms with Gasteiger partial charge in [0.05, 0.1) is 4.47 Å². The van der Waals surface area contributed by atoms with E-state index >= 15 is 0 Å². The number of carbonyl (C=O) groups excluding carboxylic acids is 1. The Balaban J connectivity index is 0.00000324. The van der Waals surface area contributed by atoms with Crippen LogP contribution in [0, 0.1) is 0 Å². The number of ether oxygens (including phenoxy) is 1. The first-order valence-electron chi connectivity index (χ1n) is 6.04. The molecule has 1 unspecified atom stereocenters. The third kappa shape index (κ3) is 6.80. The minimum atomic E-state index is -0.512. The molecule has 4 nitrogen and oxygen atoms in total. The van der Waals surface area contributed by atoms with E-state index in [1.807, 2.05) is 24.3 Å². The van der Waals surface area contributed by atoms with Gasteiger partial charge in [0.15, 0.2) is 6.10 Å². The van der Waals surface area contributed by atoms with Crippen LogP contribution in [-0.4, -0.2) is 25.1 Å². The Morgan fingerprint density at radius 2 is 2.11 bits per heavy atom. The summed E-state index contributed by atoms with van der Waals surface area (Å²) in [5.41, 5.74) is 5.38. The lowest BCUT2D eigenvalue weighted by Crippen LogP contribution is -2.37. The molecule has 0 saturated carbocycles. The number of nitrogens with two attached hydrogens (primary N) is 1. The number of benzene rings is 1. The van der Waals surface area contributed by atoms with Crippen molar-refractivity contribution in [3.63, 3.8) is 0 Å². The molecule has 3 N–H and O–H groups in total. The lowest BCUT2D eigenvalue weighted by molar-refractivity contribution is -0.127. The summed E-state index contributed by atoms with van der Waals surface area (Å²) < 4.78 is 6.42. The number of rotatable bonds is 7. The van der Waals surface area contributed by atoms with Crippen molar-refractivity contribution in [3.05, 3.63) is 28.7 Å². The fourth-order valence-corrected chi connectivity index (χ4v) is 1.79. The normalized spacial score (nSPS) is 11.3. The van der Waals surface area contributed by atoms with Gasteiger partial charge in [0.25, 0.3) is 5.91 Å². The van der Waals surface area contributed by atoms with Gasteiger partial charge in [-0.25, -0.2) is 0 Å². The van der Waals surface area contributed by atoms with Crippen LogP contribution < -0.4 is 15.8 Å². The van der Waals surface area contributed by atoms with Crippen molar-refractivity contribution in [2.24, 2.45) is 5.73 Å². The van der Waals surface area contributed by atoms with Gasteiger partial charge in [0, 0.05) is 6.54 Å². The maximum absolute atomic E-state index is 11.7. The summed E-state index contributed by atoms with van der Waals surface area (Å²) in [5.74, 6) is 0.560. The average molecular weight is 352 g/mol. The Hall–Kier alpha value is -0.780. The first-order chi connectivity index (χ1) is 8.65. The molecule has 0 radical (unpaired) electrons.